The number of tetrazole rings is 1. The molecular formula is C20H25N5O3. The van der Waals surface area contributed by atoms with Gasteiger partial charge in [-0.3, -0.25) is 0 Å². The molecule has 0 amide bonds. The van der Waals surface area contributed by atoms with Crippen molar-refractivity contribution < 1.29 is 14.3 Å². The van der Waals surface area contributed by atoms with Gasteiger partial charge in [-0.1, -0.05) is 29.7 Å². The zero-order valence-corrected chi connectivity index (χ0v) is 16.2. The van der Waals surface area contributed by atoms with Crippen LogP contribution in [-0.2, 0) is 9.53 Å². The first-order valence-electron chi connectivity index (χ1n) is 9.87. The summed E-state index contributed by atoms with van der Waals surface area (Å²) in [6, 6.07) is 7.15. The predicted octanol–water partition coefficient (Wildman–Crippen LogP) is 3.24. The van der Waals surface area contributed by atoms with Crippen molar-refractivity contribution in [3.63, 3.8) is 0 Å². The van der Waals surface area contributed by atoms with Crippen LogP contribution < -0.4 is 10.1 Å². The van der Waals surface area contributed by atoms with E-state index in [1.54, 1.807) is 4.68 Å². The minimum atomic E-state index is -0.509. The van der Waals surface area contributed by atoms with E-state index >= 15 is 0 Å². The van der Waals surface area contributed by atoms with E-state index in [-0.39, 0.29) is 12.1 Å². The standard InChI is InChI=1S/C20H25N5O3/c1-3-27-16-12-8-7-11-15(16)18-17(13(2)21-20-22-23-24-25(18)20)19(26)28-14-9-5-4-6-10-14/h7-8,11-12,14,18H,3-6,9-10H2,1-2H3,(H,21,22,24). The third-order valence-corrected chi connectivity index (χ3v) is 5.27. The van der Waals surface area contributed by atoms with Gasteiger partial charge in [-0.2, -0.15) is 4.68 Å². The first-order chi connectivity index (χ1) is 13.7. The molecule has 1 aliphatic carbocycles. The Kier molecular flexibility index (Phi) is 5.27. The van der Waals surface area contributed by atoms with Gasteiger partial charge in [0.2, 0.25) is 5.95 Å². The fourth-order valence-corrected chi connectivity index (χ4v) is 3.96. The average Bonchev–Trinajstić information content (AvgIpc) is 3.16. The van der Waals surface area contributed by atoms with Crippen LogP contribution in [-0.4, -0.2) is 38.9 Å². The first kappa shape index (κ1) is 18.5. The number of benzene rings is 1. The molecule has 1 saturated carbocycles. The van der Waals surface area contributed by atoms with Crippen molar-refractivity contribution in [3.05, 3.63) is 41.1 Å². The second-order valence-electron chi connectivity index (χ2n) is 7.15. The maximum absolute atomic E-state index is 13.2. The highest BCUT2D eigenvalue weighted by atomic mass is 16.5. The number of allylic oxidation sites excluding steroid dienone is 1. The van der Waals surface area contributed by atoms with Crippen molar-refractivity contribution in [2.45, 2.75) is 58.1 Å². The summed E-state index contributed by atoms with van der Waals surface area (Å²) in [4.78, 5) is 13.2. The van der Waals surface area contributed by atoms with E-state index in [4.69, 9.17) is 9.47 Å². The lowest BCUT2D eigenvalue weighted by Gasteiger charge is -2.30. The topological polar surface area (TPSA) is 91.2 Å². The predicted molar refractivity (Wildman–Crippen MR) is 103 cm³/mol. The molecule has 0 radical (unpaired) electrons. The number of carbonyl (C=O) groups is 1. The first-order valence-corrected chi connectivity index (χ1v) is 9.87. The van der Waals surface area contributed by atoms with Crippen molar-refractivity contribution in [1.82, 2.24) is 20.2 Å². The fourth-order valence-electron chi connectivity index (χ4n) is 3.96. The third kappa shape index (κ3) is 3.46. The summed E-state index contributed by atoms with van der Waals surface area (Å²) in [5.74, 6) is 0.867. The molecular weight excluding hydrogens is 358 g/mol. The molecule has 28 heavy (non-hydrogen) atoms. The lowest BCUT2D eigenvalue weighted by molar-refractivity contribution is -0.146. The Morgan fingerprint density at radius 3 is 2.82 bits per heavy atom. The molecule has 2 heterocycles. The number of fused-ring (bicyclic) bond motifs is 1. The minimum Gasteiger partial charge on any atom is -0.494 e. The summed E-state index contributed by atoms with van der Waals surface area (Å²) in [6.07, 6.45) is 5.21. The van der Waals surface area contributed by atoms with E-state index in [0.29, 0.717) is 29.6 Å². The maximum atomic E-state index is 13.2. The number of hydrogen-bond acceptors (Lipinski definition) is 7. The van der Waals surface area contributed by atoms with E-state index in [0.717, 1.165) is 31.2 Å². The van der Waals surface area contributed by atoms with Gasteiger partial charge in [-0.15, -0.1) is 0 Å². The molecule has 8 heteroatoms. The maximum Gasteiger partial charge on any atom is 0.338 e. The Balaban J connectivity index is 1.73. The Hall–Kier alpha value is -2.90. The normalized spacial score (nSPS) is 19.7. The molecule has 1 aromatic heterocycles. The second-order valence-corrected chi connectivity index (χ2v) is 7.15. The van der Waals surface area contributed by atoms with Crippen LogP contribution in [0.3, 0.4) is 0 Å². The molecule has 1 aliphatic heterocycles. The van der Waals surface area contributed by atoms with Gasteiger partial charge in [0.15, 0.2) is 0 Å². The average molecular weight is 383 g/mol. The molecule has 4 rings (SSSR count). The molecule has 1 aromatic carbocycles. The van der Waals surface area contributed by atoms with Crippen molar-refractivity contribution >= 4 is 11.9 Å². The van der Waals surface area contributed by atoms with E-state index < -0.39 is 6.04 Å². The third-order valence-electron chi connectivity index (χ3n) is 5.27. The van der Waals surface area contributed by atoms with E-state index in [1.807, 2.05) is 38.1 Å². The van der Waals surface area contributed by atoms with Crippen LogP contribution in [0.2, 0.25) is 0 Å². The molecule has 0 spiro atoms. The highest BCUT2D eigenvalue weighted by molar-refractivity contribution is 5.92. The van der Waals surface area contributed by atoms with Crippen LogP contribution in [0.15, 0.2) is 35.5 Å². The van der Waals surface area contributed by atoms with Gasteiger partial charge in [0.25, 0.3) is 0 Å². The fraction of sp³-hybridized carbons (Fsp3) is 0.500. The molecule has 8 nitrogen and oxygen atoms in total. The molecule has 1 unspecified atom stereocenters. The molecule has 0 saturated heterocycles. The zero-order valence-electron chi connectivity index (χ0n) is 16.2. The molecule has 0 bridgehead atoms. The summed E-state index contributed by atoms with van der Waals surface area (Å²) >= 11 is 0. The van der Waals surface area contributed by atoms with Gasteiger partial charge in [-0.25, -0.2) is 4.79 Å². The lowest BCUT2D eigenvalue weighted by Crippen LogP contribution is -2.32. The SMILES string of the molecule is CCOc1ccccc1C1C(C(=O)OC2CCCCC2)=C(C)Nc2nnnn21. The number of nitrogens with one attached hydrogen (secondary N) is 1. The van der Waals surface area contributed by atoms with E-state index in [9.17, 15) is 4.79 Å². The van der Waals surface area contributed by atoms with Crippen molar-refractivity contribution in [2.75, 3.05) is 11.9 Å². The molecule has 1 N–H and O–H groups in total. The summed E-state index contributed by atoms with van der Waals surface area (Å²) in [5.41, 5.74) is 2.03. The van der Waals surface area contributed by atoms with Gasteiger partial charge >= 0.3 is 5.97 Å². The number of hydrogen-bond donors (Lipinski definition) is 1. The molecule has 2 aromatic rings. The van der Waals surface area contributed by atoms with Gasteiger partial charge in [0, 0.05) is 11.3 Å². The minimum absolute atomic E-state index is 0.0281. The summed E-state index contributed by atoms with van der Waals surface area (Å²) in [5, 5.41) is 15.1. The number of anilines is 1. The van der Waals surface area contributed by atoms with Crippen LogP contribution in [0.4, 0.5) is 5.95 Å². The number of esters is 1. The monoisotopic (exact) mass is 383 g/mol. The van der Waals surface area contributed by atoms with Gasteiger partial charge < -0.3 is 14.8 Å². The Bertz CT molecular complexity index is 885. The van der Waals surface area contributed by atoms with Gasteiger partial charge in [-0.05, 0) is 56.0 Å². The molecule has 2 aliphatic rings. The number of para-hydroxylation sites is 1. The van der Waals surface area contributed by atoms with Crippen LogP contribution in [0.5, 0.6) is 5.75 Å². The Morgan fingerprint density at radius 1 is 1.25 bits per heavy atom. The van der Waals surface area contributed by atoms with Crippen LogP contribution in [0.1, 0.15) is 57.6 Å². The van der Waals surface area contributed by atoms with Crippen LogP contribution in [0.25, 0.3) is 0 Å². The molecule has 1 fully saturated rings. The van der Waals surface area contributed by atoms with Gasteiger partial charge in [0.05, 0.1) is 12.2 Å². The summed E-state index contributed by atoms with van der Waals surface area (Å²) < 4.78 is 13.3. The van der Waals surface area contributed by atoms with Crippen molar-refractivity contribution in [3.8, 4) is 5.75 Å². The highest BCUT2D eigenvalue weighted by Crippen LogP contribution is 2.39. The van der Waals surface area contributed by atoms with Crippen LogP contribution in [0, 0.1) is 0 Å². The smallest absolute Gasteiger partial charge is 0.338 e. The lowest BCUT2D eigenvalue weighted by atomic mass is 9.94. The van der Waals surface area contributed by atoms with E-state index in [2.05, 4.69) is 20.8 Å². The Morgan fingerprint density at radius 2 is 2.04 bits per heavy atom. The number of nitrogens with zero attached hydrogens (tertiary/aromatic N) is 4. The van der Waals surface area contributed by atoms with Crippen molar-refractivity contribution in [1.29, 1.82) is 0 Å². The summed E-state index contributed by atoms with van der Waals surface area (Å²) in [7, 11) is 0. The van der Waals surface area contributed by atoms with Crippen molar-refractivity contribution in [2.24, 2.45) is 0 Å². The van der Waals surface area contributed by atoms with Gasteiger partial charge in [0.1, 0.15) is 17.9 Å². The van der Waals surface area contributed by atoms with E-state index in [1.165, 1.54) is 6.42 Å². The molecule has 1 atom stereocenters. The molecule has 148 valence electrons. The summed E-state index contributed by atoms with van der Waals surface area (Å²) in [6.45, 7) is 4.31. The van der Waals surface area contributed by atoms with Crippen LogP contribution >= 0.6 is 0 Å². The number of aromatic nitrogens is 4. The zero-order chi connectivity index (χ0) is 19.5. The number of carbonyl (C=O) groups excluding carboxylic acids is 1. The Labute approximate surface area is 163 Å². The number of rotatable bonds is 5. The largest absolute Gasteiger partial charge is 0.494 e. The number of ether oxygens (including phenoxy) is 2. The second kappa shape index (κ2) is 8.00. The quantitative estimate of drug-likeness (QED) is 0.793. The highest BCUT2D eigenvalue weighted by Gasteiger charge is 2.37.